The normalized spacial score (nSPS) is 16.7. The highest BCUT2D eigenvalue weighted by atomic mass is 79.9. The van der Waals surface area contributed by atoms with E-state index < -0.39 is 15.1 Å². The van der Waals surface area contributed by atoms with Crippen LogP contribution in [-0.2, 0) is 0 Å². The lowest BCUT2D eigenvalue weighted by Gasteiger charge is -2.40. The van der Waals surface area contributed by atoms with Crippen LogP contribution in [0.5, 0.6) is 0 Å². The molecule has 0 aliphatic heterocycles. The highest BCUT2D eigenvalue weighted by molar-refractivity contribution is 9.10. The van der Waals surface area contributed by atoms with E-state index in [-0.39, 0.29) is 10.2 Å². The van der Waals surface area contributed by atoms with E-state index in [4.69, 9.17) is 0 Å². The van der Waals surface area contributed by atoms with E-state index in [9.17, 15) is 19.4 Å². The average Bonchev–Trinajstić information content (AvgIpc) is 1.99. The molecule has 0 aliphatic carbocycles. The van der Waals surface area contributed by atoms with Crippen LogP contribution in [0.25, 0.3) is 0 Å². The van der Waals surface area contributed by atoms with Gasteiger partial charge in [0, 0.05) is 10.2 Å². The first-order valence-corrected chi connectivity index (χ1v) is 6.56. The maximum absolute atomic E-state index is 12.4. The minimum absolute atomic E-state index is 0.107. The van der Waals surface area contributed by atoms with E-state index in [1.807, 2.05) is 0 Å². The molecule has 1 aromatic carbocycles. The summed E-state index contributed by atoms with van der Waals surface area (Å²) in [6.45, 7) is 0. The Balaban J connectivity index is 3.47. The Morgan fingerprint density at radius 2 is 1.60 bits per heavy atom. The third-order valence-corrected chi connectivity index (χ3v) is 3.29. The summed E-state index contributed by atoms with van der Waals surface area (Å²) in [6.07, 6.45) is 0. The molecule has 0 aliphatic rings. The maximum Gasteiger partial charge on any atom is 0.310 e. The van der Waals surface area contributed by atoms with E-state index >= 15 is 0 Å². The first-order valence-electron chi connectivity index (χ1n) is 3.37. The Labute approximate surface area is 96.4 Å². The van der Waals surface area contributed by atoms with Crippen molar-refractivity contribution in [3.63, 3.8) is 0 Å². The molecule has 0 radical (unpaired) electrons. The SMILES string of the molecule is FS(F)(F)(F)(F)c1cc(Br)cc(NS)c1. The summed E-state index contributed by atoms with van der Waals surface area (Å²) in [6, 6.07) is 1.83. The Hall–Kier alpha value is -0.150. The van der Waals surface area contributed by atoms with Gasteiger partial charge in [-0.2, -0.15) is 0 Å². The fourth-order valence-corrected chi connectivity index (χ4v) is 2.32. The largest absolute Gasteiger partial charge is 0.332 e. The minimum Gasteiger partial charge on any atom is -0.332 e. The van der Waals surface area contributed by atoms with Crippen molar-refractivity contribution in [1.82, 2.24) is 0 Å². The zero-order valence-corrected chi connectivity index (χ0v) is 10.2. The first kappa shape index (κ1) is 12.9. The zero-order valence-electron chi connectivity index (χ0n) is 6.86. The molecule has 0 atom stereocenters. The van der Waals surface area contributed by atoms with E-state index in [0.717, 1.165) is 0 Å². The third-order valence-electron chi connectivity index (χ3n) is 1.45. The van der Waals surface area contributed by atoms with Crippen molar-refractivity contribution in [3.8, 4) is 0 Å². The molecular weight excluding hydrogens is 325 g/mol. The molecule has 0 spiro atoms. The molecule has 15 heavy (non-hydrogen) atoms. The molecule has 0 fully saturated rings. The summed E-state index contributed by atoms with van der Waals surface area (Å²) in [5.74, 6) is 0. The molecule has 0 unspecified atom stereocenters. The zero-order chi connectivity index (χ0) is 12.0. The summed E-state index contributed by atoms with van der Waals surface area (Å²) in [7, 11) is -9.62. The lowest BCUT2D eigenvalue weighted by atomic mass is 10.3. The van der Waals surface area contributed by atoms with Gasteiger partial charge in [-0.15, -0.1) is 0 Å². The van der Waals surface area contributed by atoms with Crippen LogP contribution in [0.2, 0.25) is 0 Å². The molecule has 9 heteroatoms. The van der Waals surface area contributed by atoms with Crippen molar-refractivity contribution in [2.45, 2.75) is 4.90 Å². The second-order valence-electron chi connectivity index (χ2n) is 2.76. The average molecular weight is 330 g/mol. The lowest BCUT2D eigenvalue weighted by molar-refractivity contribution is 0.364. The molecule has 1 N–H and O–H groups in total. The van der Waals surface area contributed by atoms with Gasteiger partial charge in [-0.25, -0.2) is 0 Å². The van der Waals surface area contributed by atoms with Gasteiger partial charge >= 0.3 is 10.2 Å². The number of nitrogens with one attached hydrogen (secondary N) is 1. The number of anilines is 1. The molecule has 0 bridgehead atoms. The second kappa shape index (κ2) is 2.95. The Morgan fingerprint density at radius 1 is 1.07 bits per heavy atom. The highest BCUT2D eigenvalue weighted by Gasteiger charge is 2.65. The van der Waals surface area contributed by atoms with E-state index in [1.165, 1.54) is 6.07 Å². The molecule has 0 aromatic heterocycles. The molecule has 0 saturated carbocycles. The smallest absolute Gasteiger partial charge is 0.310 e. The lowest BCUT2D eigenvalue weighted by Crippen LogP contribution is -2.06. The van der Waals surface area contributed by atoms with Crippen molar-refractivity contribution in [2.24, 2.45) is 0 Å². The molecular formula is C6H5BrF5NS2. The van der Waals surface area contributed by atoms with Crippen LogP contribution >= 0.6 is 39.0 Å². The minimum atomic E-state index is -9.62. The van der Waals surface area contributed by atoms with Gasteiger partial charge in [-0.1, -0.05) is 48.2 Å². The van der Waals surface area contributed by atoms with Gasteiger partial charge in [0.25, 0.3) is 0 Å². The van der Waals surface area contributed by atoms with Crippen LogP contribution in [0.4, 0.5) is 25.1 Å². The topological polar surface area (TPSA) is 12.0 Å². The van der Waals surface area contributed by atoms with Crippen LogP contribution in [0.15, 0.2) is 27.6 Å². The molecule has 1 aromatic rings. The van der Waals surface area contributed by atoms with E-state index in [0.29, 0.717) is 12.1 Å². The summed E-state index contributed by atoms with van der Waals surface area (Å²) < 4.78 is 63.8. The maximum atomic E-state index is 12.4. The Morgan fingerprint density at radius 3 is 2.00 bits per heavy atom. The van der Waals surface area contributed by atoms with E-state index in [2.05, 4.69) is 33.5 Å². The van der Waals surface area contributed by atoms with Gasteiger partial charge in [0.15, 0.2) is 0 Å². The Kier molecular flexibility index (Phi) is 2.54. The van der Waals surface area contributed by atoms with Crippen LogP contribution in [0.3, 0.4) is 0 Å². The van der Waals surface area contributed by atoms with Gasteiger partial charge in [-0.05, 0) is 18.2 Å². The summed E-state index contributed by atoms with van der Waals surface area (Å²) in [5, 5.41) is 0. The standard InChI is InChI=1S/C6H5BrF5NS2/c7-4-1-5(13-14)3-6(2-4)15(8,9,10,11)12/h1-3,13-14H. The second-order valence-corrected chi connectivity index (χ2v) is 6.31. The van der Waals surface area contributed by atoms with Crippen molar-refractivity contribution in [3.05, 3.63) is 22.7 Å². The predicted molar refractivity (Wildman–Crippen MR) is 58.1 cm³/mol. The van der Waals surface area contributed by atoms with Gasteiger partial charge in [0.1, 0.15) is 4.90 Å². The molecule has 0 heterocycles. The molecule has 1 rings (SSSR count). The van der Waals surface area contributed by atoms with Crippen LogP contribution in [-0.4, -0.2) is 0 Å². The molecule has 0 amide bonds. The first-order chi connectivity index (χ1) is 6.42. The van der Waals surface area contributed by atoms with Gasteiger partial charge in [0.05, 0.1) is 0 Å². The predicted octanol–water partition coefficient (Wildman–Crippen LogP) is 5.36. The van der Waals surface area contributed by atoms with Gasteiger partial charge in [0.2, 0.25) is 0 Å². The molecule has 88 valence electrons. The van der Waals surface area contributed by atoms with Crippen LogP contribution < -0.4 is 4.72 Å². The number of rotatable bonds is 2. The van der Waals surface area contributed by atoms with Crippen molar-refractivity contribution >= 4 is 44.7 Å². The summed E-state index contributed by atoms with van der Waals surface area (Å²) >= 11 is 6.19. The summed E-state index contributed by atoms with van der Waals surface area (Å²) in [5.41, 5.74) is -0.170. The summed E-state index contributed by atoms with van der Waals surface area (Å²) in [4.78, 5) is -1.96. The molecule has 0 saturated heterocycles. The number of hydrogen-bond donors (Lipinski definition) is 2. The van der Waals surface area contributed by atoms with Crippen LogP contribution in [0.1, 0.15) is 0 Å². The highest BCUT2D eigenvalue weighted by Crippen LogP contribution is 3.02. The van der Waals surface area contributed by atoms with Crippen molar-refractivity contribution in [2.75, 3.05) is 4.72 Å². The Bertz CT molecular complexity index is 403. The number of benzene rings is 1. The van der Waals surface area contributed by atoms with Crippen molar-refractivity contribution < 1.29 is 19.4 Å². The van der Waals surface area contributed by atoms with Crippen LogP contribution in [0, 0.1) is 0 Å². The monoisotopic (exact) mass is 329 g/mol. The van der Waals surface area contributed by atoms with E-state index in [1.54, 1.807) is 0 Å². The third kappa shape index (κ3) is 3.42. The number of halogens is 6. The van der Waals surface area contributed by atoms with Crippen molar-refractivity contribution in [1.29, 1.82) is 0 Å². The number of thiol groups is 1. The number of hydrogen-bond acceptors (Lipinski definition) is 2. The van der Waals surface area contributed by atoms with Gasteiger partial charge < -0.3 is 4.72 Å². The van der Waals surface area contributed by atoms with Gasteiger partial charge in [-0.3, -0.25) is 0 Å². The molecule has 1 nitrogen and oxygen atoms in total. The fourth-order valence-electron chi connectivity index (χ4n) is 0.850. The quantitative estimate of drug-likeness (QED) is 0.549. The fraction of sp³-hybridized carbons (Fsp3) is 0.